The van der Waals surface area contributed by atoms with Crippen LogP contribution in [0.4, 0.5) is 0 Å². The fourth-order valence-electron chi connectivity index (χ4n) is 2.41. The molecule has 19 heavy (non-hydrogen) atoms. The maximum atomic E-state index is 11.3. The second-order valence-electron chi connectivity index (χ2n) is 5.22. The van der Waals surface area contributed by atoms with Crippen LogP contribution in [0.2, 0.25) is 0 Å². The zero-order valence-electron chi connectivity index (χ0n) is 11.3. The molecule has 2 rings (SSSR count). The highest BCUT2D eigenvalue weighted by Crippen LogP contribution is 2.14. The molecule has 4 heteroatoms. The van der Waals surface area contributed by atoms with Crippen molar-refractivity contribution in [1.82, 2.24) is 10.2 Å². The molecule has 1 aliphatic rings. The van der Waals surface area contributed by atoms with E-state index in [1.54, 1.807) is 0 Å². The summed E-state index contributed by atoms with van der Waals surface area (Å²) >= 11 is 6.00. The molecule has 1 aromatic carbocycles. The van der Waals surface area contributed by atoms with Crippen molar-refractivity contribution in [1.29, 1.82) is 0 Å². The molecule has 0 radical (unpaired) electrons. The molecule has 2 atom stereocenters. The number of hydrogen-bond acceptors (Lipinski definition) is 2. The Bertz CT molecular complexity index is 410. The first-order valence-electron chi connectivity index (χ1n) is 6.82. The quantitative estimate of drug-likeness (QED) is 0.812. The summed E-state index contributed by atoms with van der Waals surface area (Å²) in [5.74, 6) is 0.774. The molecule has 1 saturated heterocycles. The molecule has 1 aromatic rings. The van der Waals surface area contributed by atoms with Crippen LogP contribution in [0.1, 0.15) is 25.3 Å². The van der Waals surface area contributed by atoms with E-state index in [1.807, 2.05) is 6.07 Å². The van der Waals surface area contributed by atoms with E-state index < -0.39 is 0 Å². The van der Waals surface area contributed by atoms with Gasteiger partial charge in [-0.05, 0) is 18.9 Å². The third-order valence-electron chi connectivity index (χ3n) is 3.62. The maximum absolute atomic E-state index is 11.3. The summed E-state index contributed by atoms with van der Waals surface area (Å²) in [4.78, 5) is 13.6. The number of halogens is 1. The molecule has 104 valence electrons. The van der Waals surface area contributed by atoms with Gasteiger partial charge in [0.1, 0.15) is 0 Å². The Kier molecular flexibility index (Phi) is 5.23. The first kappa shape index (κ1) is 14.4. The highest BCUT2D eigenvalue weighted by molar-refractivity contribution is 6.18. The van der Waals surface area contributed by atoms with Crippen molar-refractivity contribution in [2.75, 3.05) is 12.4 Å². The van der Waals surface area contributed by atoms with Gasteiger partial charge in [0, 0.05) is 37.5 Å². The van der Waals surface area contributed by atoms with E-state index in [2.05, 4.69) is 41.4 Å². The Balaban J connectivity index is 1.97. The summed E-state index contributed by atoms with van der Waals surface area (Å²) in [6, 6.07) is 11.0. The van der Waals surface area contributed by atoms with Crippen molar-refractivity contribution in [2.45, 2.75) is 38.4 Å². The van der Waals surface area contributed by atoms with E-state index in [1.165, 1.54) is 5.56 Å². The van der Waals surface area contributed by atoms with Crippen molar-refractivity contribution in [3.05, 3.63) is 35.9 Å². The molecule has 0 aliphatic carbocycles. The van der Waals surface area contributed by atoms with Crippen molar-refractivity contribution >= 4 is 17.5 Å². The highest BCUT2D eigenvalue weighted by atomic mass is 35.5. The summed E-state index contributed by atoms with van der Waals surface area (Å²) in [6.45, 7) is 3.88. The van der Waals surface area contributed by atoms with Gasteiger partial charge in [0.2, 0.25) is 5.91 Å². The van der Waals surface area contributed by atoms with Gasteiger partial charge in [-0.25, -0.2) is 0 Å². The fraction of sp³-hybridized carbons (Fsp3) is 0.533. The van der Waals surface area contributed by atoms with Gasteiger partial charge < -0.3 is 5.32 Å². The minimum absolute atomic E-state index is 0.170. The first-order chi connectivity index (χ1) is 9.19. The average molecular weight is 281 g/mol. The number of nitrogens with one attached hydrogen (secondary N) is 1. The Morgan fingerprint density at radius 3 is 2.74 bits per heavy atom. The number of rotatable bonds is 6. The molecule has 0 bridgehead atoms. The topological polar surface area (TPSA) is 32.3 Å². The van der Waals surface area contributed by atoms with Crippen LogP contribution < -0.4 is 5.32 Å². The summed E-state index contributed by atoms with van der Waals surface area (Å²) in [6.07, 6.45) is 1.58. The fourth-order valence-corrected chi connectivity index (χ4v) is 2.61. The van der Waals surface area contributed by atoms with E-state index in [4.69, 9.17) is 11.6 Å². The number of carbonyl (C=O) groups is 1. The van der Waals surface area contributed by atoms with Crippen LogP contribution in [0.3, 0.4) is 0 Å². The molecule has 3 nitrogen and oxygen atoms in total. The van der Waals surface area contributed by atoms with Crippen LogP contribution in [0.5, 0.6) is 0 Å². The highest BCUT2D eigenvalue weighted by Gasteiger charge is 2.24. The van der Waals surface area contributed by atoms with E-state index in [9.17, 15) is 4.79 Å². The minimum atomic E-state index is 0.170. The molecule has 1 amide bonds. The molecular formula is C15H21ClN2O. The van der Waals surface area contributed by atoms with Gasteiger partial charge in [0.05, 0.1) is 0 Å². The van der Waals surface area contributed by atoms with Crippen LogP contribution >= 0.6 is 11.6 Å². The lowest BCUT2D eigenvalue weighted by Crippen LogP contribution is -2.43. The summed E-state index contributed by atoms with van der Waals surface area (Å²) < 4.78 is 0. The van der Waals surface area contributed by atoms with E-state index >= 15 is 0 Å². The molecule has 0 spiro atoms. The number of benzene rings is 1. The lowest BCUT2D eigenvalue weighted by molar-refractivity contribution is -0.119. The summed E-state index contributed by atoms with van der Waals surface area (Å²) in [7, 11) is 0. The standard InChI is InChI=1S/C15H21ClN2O/c1-12(9-16)18(10-13-5-3-2-4-6-13)11-14-7-8-15(19)17-14/h2-6,12,14H,7-11H2,1H3,(H,17,19). The van der Waals surface area contributed by atoms with Crippen LogP contribution in [-0.2, 0) is 11.3 Å². The number of hydrogen-bond donors (Lipinski definition) is 1. The van der Waals surface area contributed by atoms with E-state index in [0.29, 0.717) is 18.3 Å². The van der Waals surface area contributed by atoms with Crippen molar-refractivity contribution < 1.29 is 4.79 Å². The SMILES string of the molecule is CC(CCl)N(Cc1ccccc1)CC1CCC(=O)N1. The van der Waals surface area contributed by atoms with Gasteiger partial charge in [0.15, 0.2) is 0 Å². The normalized spacial score (nSPS) is 20.6. The molecule has 2 unspecified atom stereocenters. The Hall–Kier alpha value is -1.06. The Morgan fingerprint density at radius 2 is 2.16 bits per heavy atom. The average Bonchev–Trinajstić information content (AvgIpc) is 2.84. The minimum Gasteiger partial charge on any atom is -0.352 e. The van der Waals surface area contributed by atoms with E-state index in [0.717, 1.165) is 19.5 Å². The van der Waals surface area contributed by atoms with Crippen molar-refractivity contribution in [3.63, 3.8) is 0 Å². The third kappa shape index (κ3) is 4.22. The molecule has 0 aromatic heterocycles. The van der Waals surface area contributed by atoms with Gasteiger partial charge in [-0.3, -0.25) is 9.69 Å². The first-order valence-corrected chi connectivity index (χ1v) is 7.36. The van der Waals surface area contributed by atoms with Crippen LogP contribution in [-0.4, -0.2) is 35.3 Å². The smallest absolute Gasteiger partial charge is 0.220 e. The van der Waals surface area contributed by atoms with Crippen LogP contribution in [0, 0.1) is 0 Å². The lowest BCUT2D eigenvalue weighted by atomic mass is 10.1. The molecule has 1 heterocycles. The number of carbonyl (C=O) groups excluding carboxylic acids is 1. The Morgan fingerprint density at radius 1 is 1.42 bits per heavy atom. The van der Waals surface area contributed by atoms with Crippen molar-refractivity contribution in [3.8, 4) is 0 Å². The number of alkyl halides is 1. The lowest BCUT2D eigenvalue weighted by Gasteiger charge is -2.30. The summed E-state index contributed by atoms with van der Waals surface area (Å²) in [5.41, 5.74) is 1.28. The predicted molar refractivity (Wildman–Crippen MR) is 78.2 cm³/mol. The number of amides is 1. The predicted octanol–water partition coefficient (Wildman–Crippen LogP) is 2.39. The van der Waals surface area contributed by atoms with Gasteiger partial charge in [-0.1, -0.05) is 30.3 Å². The molecule has 1 fully saturated rings. The molecule has 1 N–H and O–H groups in total. The van der Waals surface area contributed by atoms with Crippen molar-refractivity contribution in [2.24, 2.45) is 0 Å². The molecular weight excluding hydrogens is 260 g/mol. The van der Waals surface area contributed by atoms with Crippen LogP contribution in [0.15, 0.2) is 30.3 Å². The van der Waals surface area contributed by atoms with Gasteiger partial charge in [0.25, 0.3) is 0 Å². The second kappa shape index (κ2) is 6.92. The maximum Gasteiger partial charge on any atom is 0.220 e. The van der Waals surface area contributed by atoms with E-state index in [-0.39, 0.29) is 11.9 Å². The van der Waals surface area contributed by atoms with Crippen LogP contribution in [0.25, 0.3) is 0 Å². The van der Waals surface area contributed by atoms with Gasteiger partial charge in [-0.15, -0.1) is 11.6 Å². The second-order valence-corrected chi connectivity index (χ2v) is 5.53. The number of nitrogens with zero attached hydrogens (tertiary/aromatic N) is 1. The molecule has 1 aliphatic heterocycles. The third-order valence-corrected chi connectivity index (χ3v) is 4.06. The largest absolute Gasteiger partial charge is 0.352 e. The summed E-state index contributed by atoms with van der Waals surface area (Å²) in [5, 5.41) is 3.03. The zero-order chi connectivity index (χ0) is 13.7. The van der Waals surface area contributed by atoms with Gasteiger partial charge in [-0.2, -0.15) is 0 Å². The monoisotopic (exact) mass is 280 g/mol. The van der Waals surface area contributed by atoms with Gasteiger partial charge >= 0.3 is 0 Å². The zero-order valence-corrected chi connectivity index (χ0v) is 12.1. The molecule has 0 saturated carbocycles. The Labute approximate surface area is 119 Å².